The van der Waals surface area contributed by atoms with Crippen molar-refractivity contribution < 1.29 is 4.79 Å². The van der Waals surface area contributed by atoms with E-state index in [1.807, 2.05) is 24.3 Å². The van der Waals surface area contributed by atoms with Gasteiger partial charge in [0.1, 0.15) is 11.4 Å². The van der Waals surface area contributed by atoms with Gasteiger partial charge in [0.15, 0.2) is 5.82 Å². The number of nitrogens with zero attached hydrogens (tertiary/aromatic N) is 4. The fourth-order valence-electron chi connectivity index (χ4n) is 3.70. The van der Waals surface area contributed by atoms with Gasteiger partial charge < -0.3 is 10.2 Å². The van der Waals surface area contributed by atoms with E-state index in [-0.39, 0.29) is 5.91 Å². The van der Waals surface area contributed by atoms with E-state index in [9.17, 15) is 4.79 Å². The van der Waals surface area contributed by atoms with E-state index in [2.05, 4.69) is 46.2 Å². The van der Waals surface area contributed by atoms with Gasteiger partial charge in [-0.2, -0.15) is 0 Å². The molecule has 0 atom stereocenters. The van der Waals surface area contributed by atoms with Gasteiger partial charge in [0.05, 0.1) is 0 Å². The minimum Gasteiger partial charge on any atom is -0.356 e. The number of carbonyl (C=O) groups excluding carboxylic acids is 1. The molecule has 6 nitrogen and oxygen atoms in total. The maximum atomic E-state index is 13.0. The summed E-state index contributed by atoms with van der Waals surface area (Å²) in [4.78, 5) is 28.6. The summed E-state index contributed by atoms with van der Waals surface area (Å²) in [5.41, 5.74) is 3.65. The molecule has 3 aromatic rings. The Labute approximate surface area is 177 Å². The van der Waals surface area contributed by atoms with E-state index in [1.54, 1.807) is 18.6 Å². The molecule has 30 heavy (non-hydrogen) atoms. The average Bonchev–Trinajstić information content (AvgIpc) is 2.78. The van der Waals surface area contributed by atoms with Gasteiger partial charge in [-0.3, -0.25) is 9.78 Å². The van der Waals surface area contributed by atoms with Crippen LogP contribution in [-0.4, -0.2) is 33.9 Å². The minimum absolute atomic E-state index is 0.156. The first-order valence-corrected chi connectivity index (χ1v) is 10.5. The van der Waals surface area contributed by atoms with Crippen molar-refractivity contribution in [2.75, 3.05) is 18.0 Å². The number of hydrogen-bond acceptors (Lipinski definition) is 5. The zero-order valence-corrected chi connectivity index (χ0v) is 17.5. The third-order valence-corrected chi connectivity index (χ3v) is 5.58. The number of anilines is 1. The number of pyridine rings is 1. The van der Waals surface area contributed by atoms with Crippen molar-refractivity contribution >= 4 is 11.7 Å². The summed E-state index contributed by atoms with van der Waals surface area (Å²) < 4.78 is 0. The highest BCUT2D eigenvalue weighted by Gasteiger charge is 2.24. The lowest BCUT2D eigenvalue weighted by Crippen LogP contribution is -2.36. The highest BCUT2D eigenvalue weighted by molar-refractivity contribution is 5.98. The molecular weight excluding hydrogens is 374 g/mol. The SMILES string of the molecule is Cc1cccc(-c2ncc(C(=O)NCc3ccncc3)c(N3CCC(C)CC3)n2)c1. The van der Waals surface area contributed by atoms with Gasteiger partial charge in [-0.25, -0.2) is 9.97 Å². The smallest absolute Gasteiger partial charge is 0.256 e. The molecule has 154 valence electrons. The second kappa shape index (κ2) is 9.03. The number of piperidine rings is 1. The summed E-state index contributed by atoms with van der Waals surface area (Å²) in [6.07, 6.45) is 7.31. The number of aryl methyl sites for hydroxylation is 1. The predicted octanol–water partition coefficient (Wildman–Crippen LogP) is 4.01. The molecule has 3 heterocycles. The van der Waals surface area contributed by atoms with Crippen molar-refractivity contribution in [2.24, 2.45) is 5.92 Å². The van der Waals surface area contributed by atoms with Crippen LogP contribution < -0.4 is 10.2 Å². The molecule has 0 spiro atoms. The number of rotatable bonds is 5. The monoisotopic (exact) mass is 401 g/mol. The van der Waals surface area contributed by atoms with Gasteiger partial charge in [-0.1, -0.05) is 30.7 Å². The summed E-state index contributed by atoms with van der Waals surface area (Å²) in [5, 5.41) is 3.00. The van der Waals surface area contributed by atoms with Crippen molar-refractivity contribution in [1.82, 2.24) is 20.3 Å². The average molecular weight is 402 g/mol. The van der Waals surface area contributed by atoms with Gasteiger partial charge in [0, 0.05) is 43.8 Å². The lowest BCUT2D eigenvalue weighted by atomic mass is 9.99. The van der Waals surface area contributed by atoms with Crippen LogP contribution in [0.1, 0.15) is 41.3 Å². The van der Waals surface area contributed by atoms with E-state index in [4.69, 9.17) is 4.98 Å². The van der Waals surface area contributed by atoms with Crippen molar-refractivity contribution in [3.05, 3.63) is 71.7 Å². The van der Waals surface area contributed by atoms with Crippen LogP contribution in [0.2, 0.25) is 0 Å². The molecule has 1 amide bonds. The van der Waals surface area contributed by atoms with Crippen LogP contribution in [0.15, 0.2) is 55.0 Å². The highest BCUT2D eigenvalue weighted by atomic mass is 16.1. The lowest BCUT2D eigenvalue weighted by Gasteiger charge is -2.32. The fraction of sp³-hybridized carbons (Fsp3) is 0.333. The van der Waals surface area contributed by atoms with Crippen LogP contribution in [0.4, 0.5) is 5.82 Å². The largest absolute Gasteiger partial charge is 0.356 e. The van der Waals surface area contributed by atoms with Crippen molar-refractivity contribution in [3.63, 3.8) is 0 Å². The Hall–Kier alpha value is -3.28. The Kier molecular flexibility index (Phi) is 6.02. The Bertz CT molecular complexity index is 1010. The molecular formula is C24H27N5O. The Balaban J connectivity index is 1.63. The minimum atomic E-state index is -0.156. The van der Waals surface area contributed by atoms with Crippen LogP contribution in [0, 0.1) is 12.8 Å². The number of carbonyl (C=O) groups is 1. The van der Waals surface area contributed by atoms with Crippen LogP contribution in [0.25, 0.3) is 11.4 Å². The molecule has 0 radical (unpaired) electrons. The number of aromatic nitrogens is 3. The summed E-state index contributed by atoms with van der Waals surface area (Å²) in [5.74, 6) is 1.91. The molecule has 0 bridgehead atoms. The third kappa shape index (κ3) is 4.64. The molecule has 2 aromatic heterocycles. The molecule has 0 saturated carbocycles. The molecule has 6 heteroatoms. The lowest BCUT2D eigenvalue weighted by molar-refractivity contribution is 0.0950. The van der Waals surface area contributed by atoms with Gasteiger partial charge >= 0.3 is 0 Å². The topological polar surface area (TPSA) is 71.0 Å². The standard InChI is InChI=1S/C24H27N5O/c1-17-8-12-29(13-9-17)23-21(24(30)27-15-19-6-10-25-11-7-19)16-26-22(28-23)20-5-3-4-18(2)14-20/h3-7,10-11,14,16-17H,8-9,12-13,15H2,1-2H3,(H,27,30). The normalized spacial score (nSPS) is 14.5. The second-order valence-electron chi connectivity index (χ2n) is 8.01. The number of nitrogens with one attached hydrogen (secondary N) is 1. The van der Waals surface area contributed by atoms with E-state index in [0.717, 1.165) is 48.4 Å². The quantitative estimate of drug-likeness (QED) is 0.699. The zero-order valence-electron chi connectivity index (χ0n) is 17.5. The van der Waals surface area contributed by atoms with E-state index in [0.29, 0.717) is 23.9 Å². The Morgan fingerprint density at radius 2 is 1.93 bits per heavy atom. The summed E-state index contributed by atoms with van der Waals surface area (Å²) in [6, 6.07) is 11.9. The highest BCUT2D eigenvalue weighted by Crippen LogP contribution is 2.27. The first-order valence-electron chi connectivity index (χ1n) is 10.5. The maximum Gasteiger partial charge on any atom is 0.256 e. The summed E-state index contributed by atoms with van der Waals surface area (Å²) in [6.45, 7) is 6.57. The summed E-state index contributed by atoms with van der Waals surface area (Å²) >= 11 is 0. The maximum absolute atomic E-state index is 13.0. The number of benzene rings is 1. The predicted molar refractivity (Wildman–Crippen MR) is 118 cm³/mol. The van der Waals surface area contributed by atoms with Gasteiger partial charge in [0.25, 0.3) is 5.91 Å². The molecule has 0 unspecified atom stereocenters. The molecule has 1 aromatic carbocycles. The molecule has 1 aliphatic rings. The van der Waals surface area contributed by atoms with E-state index in [1.165, 1.54) is 0 Å². The van der Waals surface area contributed by atoms with Crippen LogP contribution in [0.5, 0.6) is 0 Å². The van der Waals surface area contributed by atoms with Crippen molar-refractivity contribution in [1.29, 1.82) is 0 Å². The number of amides is 1. The zero-order chi connectivity index (χ0) is 20.9. The second-order valence-corrected chi connectivity index (χ2v) is 8.01. The Morgan fingerprint density at radius 3 is 2.67 bits per heavy atom. The molecule has 1 N–H and O–H groups in total. The third-order valence-electron chi connectivity index (χ3n) is 5.58. The Morgan fingerprint density at radius 1 is 1.17 bits per heavy atom. The first kappa shape index (κ1) is 20.0. The van der Waals surface area contributed by atoms with Crippen LogP contribution in [0.3, 0.4) is 0 Å². The summed E-state index contributed by atoms with van der Waals surface area (Å²) in [7, 11) is 0. The van der Waals surface area contributed by atoms with Gasteiger partial charge in [-0.15, -0.1) is 0 Å². The van der Waals surface area contributed by atoms with E-state index >= 15 is 0 Å². The van der Waals surface area contributed by atoms with Crippen molar-refractivity contribution in [3.8, 4) is 11.4 Å². The molecule has 1 aliphatic heterocycles. The van der Waals surface area contributed by atoms with Crippen LogP contribution >= 0.6 is 0 Å². The molecule has 0 aliphatic carbocycles. The van der Waals surface area contributed by atoms with Gasteiger partial charge in [0.2, 0.25) is 0 Å². The van der Waals surface area contributed by atoms with Crippen LogP contribution in [-0.2, 0) is 6.54 Å². The number of hydrogen-bond donors (Lipinski definition) is 1. The molecule has 1 fully saturated rings. The molecule has 1 saturated heterocycles. The van der Waals surface area contributed by atoms with Crippen molar-refractivity contribution in [2.45, 2.75) is 33.2 Å². The van der Waals surface area contributed by atoms with E-state index < -0.39 is 0 Å². The first-order chi connectivity index (χ1) is 14.6. The van der Waals surface area contributed by atoms with Gasteiger partial charge in [-0.05, 0) is 49.4 Å². The fourth-order valence-corrected chi connectivity index (χ4v) is 3.70. The molecule has 4 rings (SSSR count).